The molecule has 1 aromatic heterocycles. The molecule has 1 aliphatic rings. The van der Waals surface area contributed by atoms with Gasteiger partial charge in [0.2, 0.25) is 6.10 Å². The Morgan fingerprint density at radius 3 is 2.68 bits per heavy atom. The van der Waals surface area contributed by atoms with Crippen LogP contribution >= 0.6 is 0 Å². The van der Waals surface area contributed by atoms with Gasteiger partial charge in [0.1, 0.15) is 6.54 Å². The summed E-state index contributed by atoms with van der Waals surface area (Å²) in [5, 5.41) is 10.9. The summed E-state index contributed by atoms with van der Waals surface area (Å²) in [5.74, 6) is -1.61. The molecule has 0 fully saturated rings. The van der Waals surface area contributed by atoms with Crippen molar-refractivity contribution in [2.24, 2.45) is 0 Å². The molecule has 0 saturated heterocycles. The first-order valence-electron chi connectivity index (χ1n) is 7.26. The summed E-state index contributed by atoms with van der Waals surface area (Å²) < 4.78 is 10.3. The molecule has 1 atom stereocenters. The third-order valence-electron chi connectivity index (χ3n) is 3.62. The van der Waals surface area contributed by atoms with Gasteiger partial charge in [0.05, 0.1) is 7.11 Å². The number of nitrogens with zero attached hydrogens (tertiary/aromatic N) is 3. The van der Waals surface area contributed by atoms with Crippen LogP contribution in [0.4, 0.5) is 11.6 Å². The molecule has 2 heterocycles. The van der Waals surface area contributed by atoms with E-state index in [-0.39, 0.29) is 11.6 Å². The smallest absolute Gasteiger partial charge is 0.366 e. The summed E-state index contributed by atoms with van der Waals surface area (Å²) >= 11 is 0. The van der Waals surface area contributed by atoms with Crippen LogP contribution in [0, 0.1) is 10.1 Å². The van der Waals surface area contributed by atoms with Crippen molar-refractivity contribution < 1.29 is 24.0 Å². The van der Waals surface area contributed by atoms with Crippen molar-refractivity contribution in [3.05, 3.63) is 58.1 Å². The summed E-state index contributed by atoms with van der Waals surface area (Å²) in [6.45, 7) is -0.427. The number of rotatable bonds is 4. The molecule has 9 heteroatoms. The highest BCUT2D eigenvalue weighted by atomic mass is 16.6. The van der Waals surface area contributed by atoms with E-state index in [0.717, 1.165) is 4.90 Å². The van der Waals surface area contributed by atoms with Gasteiger partial charge in [-0.2, -0.15) is 0 Å². The van der Waals surface area contributed by atoms with Crippen molar-refractivity contribution in [2.45, 2.75) is 6.10 Å². The highest BCUT2D eigenvalue weighted by Crippen LogP contribution is 2.38. The number of anilines is 1. The third kappa shape index (κ3) is 3.11. The number of carbonyl (C=O) groups excluding carboxylic acids is 2. The van der Waals surface area contributed by atoms with Crippen molar-refractivity contribution in [1.29, 1.82) is 0 Å². The molecule has 0 N–H and O–H groups in total. The third-order valence-corrected chi connectivity index (χ3v) is 3.62. The SMILES string of the molecule is COC(=O)CN1C(=O)C(c2ccccc2)Oc2ccc([N+](=O)[O-])nc21. The zero-order valence-corrected chi connectivity index (χ0v) is 13.1. The number of benzene rings is 1. The first-order valence-corrected chi connectivity index (χ1v) is 7.26. The Labute approximate surface area is 141 Å². The predicted octanol–water partition coefficient (Wildman–Crippen LogP) is 1.63. The number of ether oxygens (including phenoxy) is 2. The van der Waals surface area contributed by atoms with E-state index in [1.165, 1.54) is 19.2 Å². The van der Waals surface area contributed by atoms with Gasteiger partial charge < -0.3 is 19.6 Å². The van der Waals surface area contributed by atoms with Crippen LogP contribution in [0.15, 0.2) is 42.5 Å². The van der Waals surface area contributed by atoms with Crippen molar-refractivity contribution >= 4 is 23.5 Å². The van der Waals surface area contributed by atoms with Crippen molar-refractivity contribution in [3.8, 4) is 5.75 Å². The fourth-order valence-electron chi connectivity index (χ4n) is 2.42. The number of amides is 1. The molecule has 0 bridgehead atoms. The zero-order valence-electron chi connectivity index (χ0n) is 13.1. The van der Waals surface area contributed by atoms with Gasteiger partial charge in [0, 0.05) is 11.6 Å². The number of methoxy groups -OCH3 is 1. The number of carbonyl (C=O) groups is 2. The molecule has 0 saturated carbocycles. The molecule has 0 aliphatic carbocycles. The minimum Gasteiger partial charge on any atom is -0.469 e. The normalized spacial score (nSPS) is 16.0. The molecule has 1 unspecified atom stereocenters. The lowest BCUT2D eigenvalue weighted by Gasteiger charge is -2.30. The van der Waals surface area contributed by atoms with Gasteiger partial charge in [-0.25, -0.2) is 0 Å². The number of fused-ring (bicyclic) bond motifs is 1. The van der Waals surface area contributed by atoms with Crippen LogP contribution in [0.3, 0.4) is 0 Å². The van der Waals surface area contributed by atoms with Gasteiger partial charge in [0.15, 0.2) is 5.75 Å². The van der Waals surface area contributed by atoms with Gasteiger partial charge in [-0.3, -0.25) is 14.5 Å². The second-order valence-corrected chi connectivity index (χ2v) is 5.16. The second kappa shape index (κ2) is 6.56. The molecule has 2 aromatic rings. The Bertz CT molecular complexity index is 839. The molecule has 1 amide bonds. The lowest BCUT2D eigenvalue weighted by Crippen LogP contribution is -2.44. The van der Waals surface area contributed by atoms with Crippen LogP contribution in [0.5, 0.6) is 5.75 Å². The minimum atomic E-state index is -0.985. The van der Waals surface area contributed by atoms with E-state index in [9.17, 15) is 19.7 Å². The molecule has 9 nitrogen and oxygen atoms in total. The van der Waals surface area contributed by atoms with Crippen molar-refractivity contribution in [2.75, 3.05) is 18.6 Å². The van der Waals surface area contributed by atoms with Gasteiger partial charge in [-0.05, 0) is 16.0 Å². The molecule has 0 spiro atoms. The monoisotopic (exact) mass is 343 g/mol. The van der Waals surface area contributed by atoms with Gasteiger partial charge in [-0.15, -0.1) is 0 Å². The second-order valence-electron chi connectivity index (χ2n) is 5.16. The number of pyridine rings is 1. The molecule has 3 rings (SSSR count). The Morgan fingerprint density at radius 2 is 2.04 bits per heavy atom. The van der Waals surface area contributed by atoms with Gasteiger partial charge in [0.25, 0.3) is 11.7 Å². The fraction of sp³-hybridized carbons (Fsp3) is 0.188. The Hall–Kier alpha value is -3.49. The van der Waals surface area contributed by atoms with E-state index in [1.807, 2.05) is 0 Å². The molecule has 128 valence electrons. The van der Waals surface area contributed by atoms with E-state index >= 15 is 0 Å². The molecule has 1 aromatic carbocycles. The maximum absolute atomic E-state index is 12.8. The van der Waals surface area contributed by atoms with Crippen LogP contribution in [0.1, 0.15) is 11.7 Å². The Kier molecular flexibility index (Phi) is 4.29. The van der Waals surface area contributed by atoms with E-state index in [2.05, 4.69) is 9.72 Å². The Morgan fingerprint density at radius 1 is 1.32 bits per heavy atom. The highest BCUT2D eigenvalue weighted by Gasteiger charge is 2.40. The zero-order chi connectivity index (χ0) is 18.0. The molecular weight excluding hydrogens is 330 g/mol. The van der Waals surface area contributed by atoms with Crippen LogP contribution in [0.2, 0.25) is 0 Å². The van der Waals surface area contributed by atoms with Crippen LogP contribution in [-0.4, -0.2) is 35.4 Å². The number of hydrogen-bond acceptors (Lipinski definition) is 7. The van der Waals surface area contributed by atoms with Gasteiger partial charge in [-0.1, -0.05) is 30.3 Å². The van der Waals surface area contributed by atoms with Gasteiger partial charge >= 0.3 is 11.8 Å². The summed E-state index contributed by atoms with van der Waals surface area (Å²) in [6.07, 6.45) is -0.985. The average molecular weight is 343 g/mol. The largest absolute Gasteiger partial charge is 0.469 e. The summed E-state index contributed by atoms with van der Waals surface area (Å²) in [6, 6.07) is 11.2. The molecular formula is C16H13N3O6. The molecule has 1 aliphatic heterocycles. The maximum atomic E-state index is 12.8. The maximum Gasteiger partial charge on any atom is 0.366 e. The van der Waals surface area contributed by atoms with Crippen molar-refractivity contribution in [1.82, 2.24) is 4.98 Å². The summed E-state index contributed by atoms with van der Waals surface area (Å²) in [5.41, 5.74) is 0.589. The number of hydrogen-bond donors (Lipinski definition) is 0. The molecule has 25 heavy (non-hydrogen) atoms. The quantitative estimate of drug-likeness (QED) is 0.471. The van der Waals surface area contributed by atoms with E-state index in [0.29, 0.717) is 5.56 Å². The van der Waals surface area contributed by atoms with Crippen LogP contribution in [0.25, 0.3) is 0 Å². The summed E-state index contributed by atoms with van der Waals surface area (Å²) in [4.78, 5) is 39.6. The number of esters is 1. The average Bonchev–Trinajstić information content (AvgIpc) is 2.63. The first kappa shape index (κ1) is 16.4. The highest BCUT2D eigenvalue weighted by molar-refractivity contribution is 6.02. The number of aromatic nitrogens is 1. The van der Waals surface area contributed by atoms with E-state index < -0.39 is 35.3 Å². The number of nitro groups is 1. The van der Waals surface area contributed by atoms with Crippen LogP contribution in [-0.2, 0) is 14.3 Å². The van der Waals surface area contributed by atoms with Crippen LogP contribution < -0.4 is 9.64 Å². The first-order chi connectivity index (χ1) is 12.0. The molecule has 0 radical (unpaired) electrons. The topological polar surface area (TPSA) is 112 Å². The standard InChI is InChI=1S/C16H13N3O6/c1-24-13(20)9-18-15-11(7-8-12(17-15)19(22)23)25-14(16(18)21)10-5-3-2-4-6-10/h2-8,14H,9H2,1H3. The minimum absolute atomic E-state index is 0.0863. The van der Waals surface area contributed by atoms with Crippen molar-refractivity contribution in [3.63, 3.8) is 0 Å². The lowest BCUT2D eigenvalue weighted by molar-refractivity contribution is -0.389. The fourth-order valence-corrected chi connectivity index (χ4v) is 2.42. The van der Waals surface area contributed by atoms with E-state index in [1.54, 1.807) is 30.3 Å². The summed E-state index contributed by atoms with van der Waals surface area (Å²) in [7, 11) is 1.18. The predicted molar refractivity (Wildman–Crippen MR) is 85.1 cm³/mol. The lowest BCUT2D eigenvalue weighted by atomic mass is 10.1. The van der Waals surface area contributed by atoms with E-state index in [4.69, 9.17) is 4.74 Å². The Balaban J connectivity index is 2.07.